The van der Waals surface area contributed by atoms with Gasteiger partial charge >= 0.3 is 0 Å². The summed E-state index contributed by atoms with van der Waals surface area (Å²) in [5.74, 6) is 0.379. The molecule has 0 N–H and O–H groups in total. The number of carbonyl (C=O) groups is 2. The third-order valence-corrected chi connectivity index (χ3v) is 7.01. The fourth-order valence-corrected chi connectivity index (χ4v) is 4.92. The summed E-state index contributed by atoms with van der Waals surface area (Å²) >= 11 is 0. The summed E-state index contributed by atoms with van der Waals surface area (Å²) < 4.78 is 11.3. The summed E-state index contributed by atoms with van der Waals surface area (Å²) in [5.41, 5.74) is -0.249. The average molecular weight is 367 g/mol. The molecular weight excluding hydrogens is 332 g/mol. The van der Waals surface area contributed by atoms with Gasteiger partial charge in [-0.05, 0) is 46.0 Å². The largest absolute Gasteiger partial charge is 0.381 e. The van der Waals surface area contributed by atoms with Crippen LogP contribution in [0.5, 0.6) is 0 Å². The van der Waals surface area contributed by atoms with Crippen molar-refractivity contribution in [1.82, 2.24) is 9.80 Å². The predicted molar refractivity (Wildman–Crippen MR) is 98.7 cm³/mol. The number of hydrogen-bond acceptors (Lipinski definition) is 4. The quantitative estimate of drug-likeness (QED) is 0.692. The first kappa shape index (κ1) is 19.6. The Kier molecular flexibility index (Phi) is 5.92. The van der Waals surface area contributed by atoms with Gasteiger partial charge < -0.3 is 19.3 Å². The van der Waals surface area contributed by atoms with Crippen LogP contribution in [0, 0.1) is 11.3 Å². The molecule has 2 amide bonds. The molecule has 2 saturated heterocycles. The molecule has 1 aliphatic carbocycles. The number of hydrogen-bond donors (Lipinski definition) is 0. The number of carbonyl (C=O) groups excluding carboxylic acids is 2. The van der Waals surface area contributed by atoms with E-state index in [1.54, 1.807) is 7.11 Å². The molecule has 6 nitrogen and oxygen atoms in total. The molecule has 148 valence electrons. The fraction of sp³-hybridized carbons (Fsp3) is 0.900. The zero-order valence-corrected chi connectivity index (χ0v) is 16.6. The first-order valence-corrected chi connectivity index (χ1v) is 10.2. The Labute approximate surface area is 157 Å². The number of rotatable bonds is 7. The summed E-state index contributed by atoms with van der Waals surface area (Å²) in [6, 6.07) is 0. The summed E-state index contributed by atoms with van der Waals surface area (Å²) in [6.45, 7) is 8.19. The van der Waals surface area contributed by atoms with Crippen LogP contribution in [0.1, 0.15) is 52.4 Å². The Morgan fingerprint density at radius 3 is 2.38 bits per heavy atom. The van der Waals surface area contributed by atoms with Gasteiger partial charge in [-0.15, -0.1) is 0 Å². The second-order valence-electron chi connectivity index (χ2n) is 8.23. The highest BCUT2D eigenvalue weighted by Crippen LogP contribution is 2.46. The van der Waals surface area contributed by atoms with Gasteiger partial charge in [0.15, 0.2) is 0 Å². The monoisotopic (exact) mass is 366 g/mol. The van der Waals surface area contributed by atoms with Crippen LogP contribution in [-0.2, 0) is 19.1 Å². The molecule has 0 radical (unpaired) electrons. The second-order valence-corrected chi connectivity index (χ2v) is 8.23. The molecule has 0 aromatic heterocycles. The number of ether oxygens (including phenoxy) is 2. The van der Waals surface area contributed by atoms with E-state index in [2.05, 4.69) is 0 Å². The van der Waals surface area contributed by atoms with E-state index in [-0.39, 0.29) is 28.7 Å². The van der Waals surface area contributed by atoms with Gasteiger partial charge in [0.25, 0.3) is 0 Å². The van der Waals surface area contributed by atoms with Gasteiger partial charge in [-0.3, -0.25) is 9.59 Å². The molecule has 2 heterocycles. The average Bonchev–Trinajstić information content (AvgIpc) is 2.88. The lowest BCUT2D eigenvalue weighted by Gasteiger charge is -2.44. The van der Waals surface area contributed by atoms with Crippen molar-refractivity contribution in [3.8, 4) is 0 Å². The lowest BCUT2D eigenvalue weighted by atomic mass is 9.70. The van der Waals surface area contributed by atoms with Gasteiger partial charge in [-0.2, -0.15) is 0 Å². The van der Waals surface area contributed by atoms with Gasteiger partial charge in [-0.1, -0.05) is 0 Å². The summed E-state index contributed by atoms with van der Waals surface area (Å²) in [6.07, 6.45) is 5.40. The first-order chi connectivity index (χ1) is 12.5. The number of nitrogens with zero attached hydrogens (tertiary/aromatic N) is 2. The van der Waals surface area contributed by atoms with Crippen molar-refractivity contribution < 1.29 is 19.1 Å². The Morgan fingerprint density at radius 1 is 1.19 bits per heavy atom. The van der Waals surface area contributed by atoms with E-state index in [0.717, 1.165) is 58.3 Å². The van der Waals surface area contributed by atoms with E-state index in [1.807, 2.05) is 23.6 Å². The predicted octanol–water partition coefficient (Wildman–Crippen LogP) is 2.07. The van der Waals surface area contributed by atoms with Gasteiger partial charge in [0.05, 0.1) is 24.5 Å². The first-order valence-electron chi connectivity index (χ1n) is 10.2. The Morgan fingerprint density at radius 2 is 1.88 bits per heavy atom. The molecule has 0 aromatic rings. The standard InChI is InChI=1S/C20H34N2O4/c1-4-21-15-19(16(18(21)24)14-26-5-2)9-11-22(12-10-19)17(23)13-20(25-3)7-6-8-20/h16H,4-15H2,1-3H3. The molecule has 1 atom stereocenters. The van der Waals surface area contributed by atoms with Crippen LogP contribution in [0.15, 0.2) is 0 Å². The van der Waals surface area contributed by atoms with E-state index < -0.39 is 0 Å². The van der Waals surface area contributed by atoms with E-state index in [1.165, 1.54) is 0 Å². The topological polar surface area (TPSA) is 59.1 Å². The molecule has 26 heavy (non-hydrogen) atoms. The van der Waals surface area contributed by atoms with Gasteiger partial charge in [0.1, 0.15) is 0 Å². The highest BCUT2D eigenvalue weighted by atomic mass is 16.5. The van der Waals surface area contributed by atoms with E-state index in [4.69, 9.17) is 9.47 Å². The Balaban J connectivity index is 1.62. The third-order valence-electron chi connectivity index (χ3n) is 7.01. The van der Waals surface area contributed by atoms with Crippen LogP contribution >= 0.6 is 0 Å². The van der Waals surface area contributed by atoms with Crippen molar-refractivity contribution >= 4 is 11.8 Å². The van der Waals surface area contributed by atoms with Crippen LogP contribution in [0.2, 0.25) is 0 Å². The van der Waals surface area contributed by atoms with Crippen molar-refractivity contribution in [3.05, 3.63) is 0 Å². The van der Waals surface area contributed by atoms with Crippen LogP contribution in [0.4, 0.5) is 0 Å². The molecule has 0 bridgehead atoms. The minimum Gasteiger partial charge on any atom is -0.381 e. The molecule has 6 heteroatoms. The maximum absolute atomic E-state index is 12.8. The van der Waals surface area contributed by atoms with E-state index >= 15 is 0 Å². The lowest BCUT2D eigenvalue weighted by Crippen LogP contribution is -2.50. The summed E-state index contributed by atoms with van der Waals surface area (Å²) in [7, 11) is 1.72. The smallest absolute Gasteiger partial charge is 0.228 e. The normalized spacial score (nSPS) is 27.0. The molecule has 3 rings (SSSR count). The van der Waals surface area contributed by atoms with Crippen LogP contribution < -0.4 is 0 Å². The van der Waals surface area contributed by atoms with E-state index in [0.29, 0.717) is 19.6 Å². The molecule has 1 saturated carbocycles. The van der Waals surface area contributed by atoms with Crippen molar-refractivity contribution in [2.24, 2.45) is 11.3 Å². The highest BCUT2D eigenvalue weighted by Gasteiger charge is 2.53. The van der Waals surface area contributed by atoms with Crippen LogP contribution in [0.25, 0.3) is 0 Å². The fourth-order valence-electron chi connectivity index (χ4n) is 4.92. The van der Waals surface area contributed by atoms with Gasteiger partial charge in [-0.25, -0.2) is 0 Å². The maximum atomic E-state index is 12.8. The molecule has 3 fully saturated rings. The van der Waals surface area contributed by atoms with Crippen molar-refractivity contribution in [1.29, 1.82) is 0 Å². The SMILES string of the molecule is CCOCC1C(=O)N(CC)CC12CCN(C(=O)CC1(OC)CCC1)CC2. The number of amides is 2. The van der Waals surface area contributed by atoms with E-state index in [9.17, 15) is 9.59 Å². The minimum absolute atomic E-state index is 0.0333. The maximum Gasteiger partial charge on any atom is 0.228 e. The molecule has 1 spiro atoms. The Bertz CT molecular complexity index is 518. The van der Waals surface area contributed by atoms with Crippen molar-refractivity contribution in [2.45, 2.75) is 58.0 Å². The van der Waals surface area contributed by atoms with Gasteiger partial charge in [0.2, 0.25) is 11.8 Å². The molecule has 2 aliphatic heterocycles. The lowest BCUT2D eigenvalue weighted by molar-refractivity contribution is -0.146. The van der Waals surface area contributed by atoms with Crippen molar-refractivity contribution in [3.63, 3.8) is 0 Å². The number of piperidine rings is 1. The van der Waals surface area contributed by atoms with Gasteiger partial charge in [0, 0.05) is 45.3 Å². The molecule has 3 aliphatic rings. The number of likely N-dealkylation sites (tertiary alicyclic amines) is 2. The molecular formula is C20H34N2O4. The number of methoxy groups -OCH3 is 1. The van der Waals surface area contributed by atoms with Crippen molar-refractivity contribution in [2.75, 3.05) is 46.5 Å². The zero-order valence-electron chi connectivity index (χ0n) is 16.6. The van der Waals surface area contributed by atoms with Crippen LogP contribution in [-0.4, -0.2) is 73.7 Å². The Hall–Kier alpha value is -1.14. The zero-order chi connectivity index (χ0) is 18.8. The summed E-state index contributed by atoms with van der Waals surface area (Å²) in [5, 5.41) is 0. The third kappa shape index (κ3) is 3.50. The van der Waals surface area contributed by atoms with Crippen LogP contribution in [0.3, 0.4) is 0 Å². The molecule has 1 unspecified atom stereocenters. The highest BCUT2D eigenvalue weighted by molar-refractivity contribution is 5.83. The second kappa shape index (κ2) is 7.85. The minimum atomic E-state index is -0.216. The molecule has 0 aromatic carbocycles. The summed E-state index contributed by atoms with van der Waals surface area (Å²) in [4.78, 5) is 29.5.